The molecule has 0 bridgehead atoms. The Morgan fingerprint density at radius 3 is 2.50 bits per heavy atom. The van der Waals surface area contributed by atoms with Gasteiger partial charge in [0.05, 0.1) is 6.20 Å². The fourth-order valence-corrected chi connectivity index (χ4v) is 0.408. The first-order valence-corrected chi connectivity index (χ1v) is 2.05. The van der Waals surface area contributed by atoms with E-state index in [1.54, 1.807) is 6.20 Å². The monoisotopic (exact) mass is 93.0 g/mol. The molecule has 0 unspecified atom stereocenters. The molecule has 0 saturated heterocycles. The Morgan fingerprint density at radius 1 is 1.50 bits per heavy atom. The van der Waals surface area contributed by atoms with Gasteiger partial charge in [0.15, 0.2) is 0 Å². The van der Waals surface area contributed by atoms with Crippen LogP contribution in [-0.2, 0) is 0 Å². The third kappa shape index (κ3) is 1.56. The fourth-order valence-electron chi connectivity index (χ4n) is 0.136. The van der Waals surface area contributed by atoms with E-state index >= 15 is 0 Å². The van der Waals surface area contributed by atoms with Crippen molar-refractivity contribution in [1.82, 2.24) is 9.59 Å². The van der Waals surface area contributed by atoms with Crippen molar-refractivity contribution >= 4 is 30.4 Å². The van der Waals surface area contributed by atoms with Gasteiger partial charge in [-0.2, -0.15) is 0 Å². The van der Waals surface area contributed by atoms with Gasteiger partial charge >= 0.3 is 0 Å². The van der Waals surface area contributed by atoms with Crippen molar-refractivity contribution in [1.29, 1.82) is 0 Å². The van der Waals surface area contributed by atoms with E-state index in [1.807, 2.05) is 5.38 Å². The standard InChI is InChI=1S/C2H2N2S.Li/c1-2-5-4-3-1;/h1-2H;. The van der Waals surface area contributed by atoms with Crippen LogP contribution in [0.15, 0.2) is 11.6 Å². The van der Waals surface area contributed by atoms with Crippen molar-refractivity contribution in [2.45, 2.75) is 0 Å². The second kappa shape index (κ2) is 3.35. The molecule has 4 heteroatoms. The van der Waals surface area contributed by atoms with Gasteiger partial charge in [0.25, 0.3) is 0 Å². The Morgan fingerprint density at radius 2 is 2.33 bits per heavy atom. The van der Waals surface area contributed by atoms with Gasteiger partial charge in [0, 0.05) is 24.2 Å². The number of nitrogens with zero attached hydrogens (tertiary/aromatic N) is 2. The topological polar surface area (TPSA) is 25.8 Å². The van der Waals surface area contributed by atoms with Crippen LogP contribution in [0.2, 0.25) is 0 Å². The largest absolute Gasteiger partial charge is 0.147 e. The molecule has 6 heavy (non-hydrogen) atoms. The molecule has 0 aromatic carbocycles. The molecule has 1 heterocycles. The van der Waals surface area contributed by atoms with Crippen LogP contribution in [0.4, 0.5) is 0 Å². The molecule has 1 aromatic heterocycles. The summed E-state index contributed by atoms with van der Waals surface area (Å²) in [4.78, 5) is 0. The van der Waals surface area contributed by atoms with Gasteiger partial charge in [0.2, 0.25) is 0 Å². The van der Waals surface area contributed by atoms with Gasteiger partial charge in [-0.1, -0.05) is 4.49 Å². The van der Waals surface area contributed by atoms with Crippen molar-refractivity contribution in [3.05, 3.63) is 11.6 Å². The summed E-state index contributed by atoms with van der Waals surface area (Å²) in [7, 11) is 0. The van der Waals surface area contributed by atoms with Crippen LogP contribution in [0.3, 0.4) is 0 Å². The Bertz CT molecular complexity index is 68.0. The first kappa shape index (κ1) is 6.16. The normalized spacial score (nSPS) is 6.67. The Hall–Kier alpha value is 0.157. The predicted molar refractivity (Wildman–Crippen MR) is 25.7 cm³/mol. The molecular formula is C2H2LiN2S. The summed E-state index contributed by atoms with van der Waals surface area (Å²) >= 11 is 1.35. The molecule has 1 aromatic rings. The smallest absolute Gasteiger partial charge is 0.0620 e. The molecule has 27 valence electrons. The molecule has 0 saturated carbocycles. The molecule has 0 N–H and O–H groups in total. The Labute approximate surface area is 51.9 Å². The predicted octanol–water partition coefficient (Wildman–Crippen LogP) is 0.157. The van der Waals surface area contributed by atoms with Crippen LogP contribution < -0.4 is 0 Å². The Balaban J connectivity index is 0.000000250. The van der Waals surface area contributed by atoms with Gasteiger partial charge in [-0.15, -0.1) is 5.10 Å². The zero-order valence-electron chi connectivity index (χ0n) is 3.46. The third-order valence-electron chi connectivity index (χ3n) is 0.283. The van der Waals surface area contributed by atoms with Gasteiger partial charge in [-0.3, -0.25) is 0 Å². The number of rotatable bonds is 0. The molecule has 0 spiro atoms. The average molecular weight is 93.1 g/mol. The SMILES string of the molecule is [Li].c1csnn1. The summed E-state index contributed by atoms with van der Waals surface area (Å²) in [5.74, 6) is 0. The third-order valence-corrected chi connectivity index (χ3v) is 0.715. The van der Waals surface area contributed by atoms with Gasteiger partial charge < -0.3 is 0 Å². The van der Waals surface area contributed by atoms with Crippen molar-refractivity contribution in [2.24, 2.45) is 0 Å². The summed E-state index contributed by atoms with van der Waals surface area (Å²) in [6, 6.07) is 0. The van der Waals surface area contributed by atoms with E-state index in [2.05, 4.69) is 9.59 Å². The molecule has 1 rings (SSSR count). The van der Waals surface area contributed by atoms with E-state index in [9.17, 15) is 0 Å². The van der Waals surface area contributed by atoms with E-state index in [-0.39, 0.29) is 18.9 Å². The number of aromatic nitrogens is 2. The zero-order chi connectivity index (χ0) is 3.54. The van der Waals surface area contributed by atoms with Crippen LogP contribution in [0, 0.1) is 0 Å². The summed E-state index contributed by atoms with van der Waals surface area (Å²) in [5, 5.41) is 5.31. The Kier molecular flexibility index (Phi) is 3.44. The molecule has 0 aliphatic heterocycles. The minimum Gasteiger partial charge on any atom is -0.147 e. The summed E-state index contributed by atoms with van der Waals surface area (Å²) in [5.41, 5.74) is 0. The zero-order valence-corrected chi connectivity index (χ0v) is 4.27. The fraction of sp³-hybridized carbons (Fsp3) is 0. The second-order valence-corrected chi connectivity index (χ2v) is 1.23. The molecule has 0 aliphatic carbocycles. The maximum absolute atomic E-state index is 3.51. The van der Waals surface area contributed by atoms with Crippen LogP contribution in [0.1, 0.15) is 0 Å². The first-order chi connectivity index (χ1) is 2.50. The maximum atomic E-state index is 3.51. The minimum absolute atomic E-state index is 0. The van der Waals surface area contributed by atoms with Gasteiger partial charge in [-0.05, 0) is 11.5 Å². The minimum atomic E-state index is 0. The van der Waals surface area contributed by atoms with Crippen molar-refractivity contribution in [2.75, 3.05) is 0 Å². The van der Waals surface area contributed by atoms with E-state index in [1.165, 1.54) is 11.5 Å². The number of hydrogen-bond donors (Lipinski definition) is 0. The molecular weight excluding hydrogens is 91.0 g/mol. The molecule has 1 radical (unpaired) electrons. The van der Waals surface area contributed by atoms with E-state index in [4.69, 9.17) is 0 Å². The van der Waals surface area contributed by atoms with Crippen molar-refractivity contribution in [3.63, 3.8) is 0 Å². The molecule has 0 atom stereocenters. The van der Waals surface area contributed by atoms with Crippen molar-refractivity contribution in [3.8, 4) is 0 Å². The van der Waals surface area contributed by atoms with E-state index in [0.29, 0.717) is 0 Å². The van der Waals surface area contributed by atoms with E-state index in [0.717, 1.165) is 0 Å². The molecule has 0 amide bonds. The van der Waals surface area contributed by atoms with Crippen LogP contribution in [0.25, 0.3) is 0 Å². The van der Waals surface area contributed by atoms with E-state index < -0.39 is 0 Å². The van der Waals surface area contributed by atoms with Crippen LogP contribution in [0.5, 0.6) is 0 Å². The molecule has 0 aliphatic rings. The first-order valence-electron chi connectivity index (χ1n) is 1.21. The maximum Gasteiger partial charge on any atom is 0.0620 e. The molecule has 2 nitrogen and oxygen atoms in total. The summed E-state index contributed by atoms with van der Waals surface area (Å²) in [6.45, 7) is 0. The second-order valence-electron chi connectivity index (χ2n) is 0.588. The quantitative estimate of drug-likeness (QED) is 0.427. The van der Waals surface area contributed by atoms with Gasteiger partial charge in [0.1, 0.15) is 0 Å². The average Bonchev–Trinajstić information content (AvgIpc) is 1.76. The van der Waals surface area contributed by atoms with Crippen LogP contribution >= 0.6 is 11.5 Å². The summed E-state index contributed by atoms with van der Waals surface area (Å²) in [6.07, 6.45) is 1.66. The van der Waals surface area contributed by atoms with Crippen molar-refractivity contribution < 1.29 is 0 Å². The number of hydrogen-bond acceptors (Lipinski definition) is 3. The van der Waals surface area contributed by atoms with Gasteiger partial charge in [-0.25, -0.2) is 0 Å². The summed E-state index contributed by atoms with van der Waals surface area (Å²) < 4.78 is 3.51. The molecule has 0 fully saturated rings. The van der Waals surface area contributed by atoms with Crippen LogP contribution in [-0.4, -0.2) is 28.4 Å².